The van der Waals surface area contributed by atoms with Crippen LogP contribution in [0.5, 0.6) is 0 Å². The van der Waals surface area contributed by atoms with Crippen LogP contribution in [0, 0.1) is 0 Å². The first kappa shape index (κ1) is 19.6. The Labute approximate surface area is 149 Å². The topological polar surface area (TPSA) is 76.7 Å². The van der Waals surface area contributed by atoms with Gasteiger partial charge in [-0.05, 0) is 30.4 Å². The number of esters is 1. The summed E-state index contributed by atoms with van der Waals surface area (Å²) < 4.78 is 9.58. The molecule has 126 valence electrons. The van der Waals surface area contributed by atoms with Gasteiger partial charge in [0.1, 0.15) is 6.61 Å². The normalized spacial score (nSPS) is 10.0. The van der Waals surface area contributed by atoms with Crippen LogP contribution in [-0.2, 0) is 19.1 Å². The third-order valence-electron chi connectivity index (χ3n) is 2.54. The van der Waals surface area contributed by atoms with Crippen molar-refractivity contribution in [1.29, 1.82) is 0 Å². The van der Waals surface area contributed by atoms with Gasteiger partial charge in [-0.2, -0.15) is 0 Å². The van der Waals surface area contributed by atoms with Crippen LogP contribution in [0.1, 0.15) is 12.8 Å². The van der Waals surface area contributed by atoms with Gasteiger partial charge in [-0.1, -0.05) is 23.2 Å². The van der Waals surface area contributed by atoms with Crippen molar-refractivity contribution in [2.45, 2.75) is 12.8 Å². The fourth-order valence-corrected chi connectivity index (χ4v) is 2.02. The molecule has 0 bridgehead atoms. The summed E-state index contributed by atoms with van der Waals surface area (Å²) in [6.07, 6.45) is -0.0903. The highest BCUT2D eigenvalue weighted by atomic mass is 35.5. The van der Waals surface area contributed by atoms with E-state index in [-0.39, 0.29) is 24.6 Å². The Morgan fingerprint density at radius 3 is 2.65 bits per heavy atom. The van der Waals surface area contributed by atoms with Crippen LogP contribution in [0.2, 0.25) is 10.0 Å². The van der Waals surface area contributed by atoms with Crippen molar-refractivity contribution in [3.8, 4) is 0 Å². The van der Waals surface area contributed by atoms with E-state index in [0.717, 1.165) is 0 Å². The summed E-state index contributed by atoms with van der Waals surface area (Å²) in [5.74, 6) is -0.890. The number of methoxy groups -OCH3 is 1. The maximum absolute atomic E-state index is 11.7. The lowest BCUT2D eigenvalue weighted by atomic mass is 10.3. The lowest BCUT2D eigenvalue weighted by Crippen LogP contribution is -2.34. The zero-order valence-corrected chi connectivity index (χ0v) is 14.7. The highest BCUT2D eigenvalue weighted by Gasteiger charge is 2.10. The predicted octanol–water partition coefficient (Wildman–Crippen LogP) is 2.78. The van der Waals surface area contributed by atoms with Gasteiger partial charge in [-0.15, -0.1) is 0 Å². The first-order valence-corrected chi connectivity index (χ1v) is 7.79. The number of thiocarbonyl (C=S) groups is 1. The minimum absolute atomic E-state index is 0.0447. The molecule has 0 aliphatic carbocycles. The maximum Gasteiger partial charge on any atom is 0.306 e. The Morgan fingerprint density at radius 2 is 1.96 bits per heavy atom. The lowest BCUT2D eigenvalue weighted by molar-refractivity contribution is -0.146. The molecule has 0 fully saturated rings. The van der Waals surface area contributed by atoms with Gasteiger partial charge in [0.25, 0.3) is 0 Å². The highest BCUT2D eigenvalue weighted by molar-refractivity contribution is 7.80. The van der Waals surface area contributed by atoms with Gasteiger partial charge < -0.3 is 20.1 Å². The van der Waals surface area contributed by atoms with Crippen LogP contribution < -0.4 is 10.6 Å². The van der Waals surface area contributed by atoms with E-state index in [0.29, 0.717) is 22.3 Å². The Bertz CT molecular complexity index is 584. The molecule has 0 aromatic heterocycles. The van der Waals surface area contributed by atoms with Crippen molar-refractivity contribution in [1.82, 2.24) is 5.32 Å². The Kier molecular flexibility index (Phi) is 8.86. The van der Waals surface area contributed by atoms with Gasteiger partial charge in [0.2, 0.25) is 5.91 Å². The molecule has 0 heterocycles. The molecule has 0 aliphatic rings. The Balaban J connectivity index is 2.35. The van der Waals surface area contributed by atoms with Crippen LogP contribution in [0.25, 0.3) is 0 Å². The average molecular weight is 379 g/mol. The summed E-state index contributed by atoms with van der Waals surface area (Å²) in [4.78, 5) is 23.0. The number of anilines is 1. The molecule has 0 unspecified atom stereocenters. The third-order valence-corrected chi connectivity index (χ3v) is 3.31. The molecule has 1 aromatic rings. The molecule has 0 saturated carbocycles. The molecule has 6 nitrogen and oxygen atoms in total. The zero-order chi connectivity index (χ0) is 17.2. The van der Waals surface area contributed by atoms with E-state index in [9.17, 15) is 9.59 Å². The van der Waals surface area contributed by atoms with Crippen LogP contribution in [0.15, 0.2) is 18.2 Å². The zero-order valence-electron chi connectivity index (χ0n) is 12.4. The van der Waals surface area contributed by atoms with Crippen molar-refractivity contribution in [3.05, 3.63) is 28.2 Å². The third kappa shape index (κ3) is 8.13. The van der Waals surface area contributed by atoms with Gasteiger partial charge in [-0.3, -0.25) is 9.59 Å². The van der Waals surface area contributed by atoms with Crippen molar-refractivity contribution >= 4 is 58.1 Å². The predicted molar refractivity (Wildman–Crippen MR) is 92.9 cm³/mol. The van der Waals surface area contributed by atoms with Gasteiger partial charge in [-0.25, -0.2) is 0 Å². The van der Waals surface area contributed by atoms with Crippen LogP contribution in [-0.4, -0.2) is 37.3 Å². The SMILES string of the molecule is COCCOC(=O)CCC(=O)NC(=S)Nc1cc(Cl)ccc1Cl. The minimum atomic E-state index is -0.478. The number of rotatable bonds is 7. The summed E-state index contributed by atoms with van der Waals surface area (Å²) in [6, 6.07) is 4.81. The Hall–Kier alpha value is -1.41. The molecule has 0 saturated heterocycles. The standard InChI is InChI=1S/C14H16Cl2N2O4S/c1-21-6-7-22-13(20)5-4-12(19)18-14(23)17-11-8-9(15)2-3-10(11)16/h2-3,8H,4-7H2,1H3,(H2,17,18,19,23). The molecule has 1 rings (SSSR count). The molecule has 0 radical (unpaired) electrons. The summed E-state index contributed by atoms with van der Waals surface area (Å²) in [5.41, 5.74) is 0.475. The monoisotopic (exact) mass is 378 g/mol. The smallest absolute Gasteiger partial charge is 0.306 e. The number of ether oxygens (including phenoxy) is 2. The summed E-state index contributed by atoms with van der Waals surface area (Å²) in [6.45, 7) is 0.469. The van der Waals surface area contributed by atoms with Gasteiger partial charge in [0.05, 0.1) is 23.7 Å². The molecule has 1 amide bonds. The molecule has 0 atom stereocenters. The number of hydrogen-bond acceptors (Lipinski definition) is 5. The number of carbonyl (C=O) groups is 2. The number of hydrogen-bond donors (Lipinski definition) is 2. The average Bonchev–Trinajstić information content (AvgIpc) is 2.49. The number of carbonyl (C=O) groups excluding carboxylic acids is 2. The Morgan fingerprint density at radius 1 is 1.22 bits per heavy atom. The molecule has 9 heteroatoms. The molecule has 0 aliphatic heterocycles. The molecule has 1 aromatic carbocycles. The number of benzene rings is 1. The summed E-state index contributed by atoms with van der Waals surface area (Å²) in [5, 5.41) is 6.16. The molecular formula is C14H16Cl2N2O4S. The van der Waals surface area contributed by atoms with Crippen LogP contribution in [0.4, 0.5) is 5.69 Å². The first-order chi connectivity index (χ1) is 10.9. The largest absolute Gasteiger partial charge is 0.463 e. The second-order valence-corrected chi connectivity index (χ2v) is 5.59. The van der Waals surface area contributed by atoms with Crippen molar-refractivity contribution in [3.63, 3.8) is 0 Å². The highest BCUT2D eigenvalue weighted by Crippen LogP contribution is 2.25. The minimum Gasteiger partial charge on any atom is -0.463 e. The van der Waals surface area contributed by atoms with E-state index in [4.69, 9.17) is 44.9 Å². The number of halogens is 2. The van der Waals surface area contributed by atoms with Crippen molar-refractivity contribution in [2.24, 2.45) is 0 Å². The number of nitrogens with one attached hydrogen (secondary N) is 2. The van der Waals surface area contributed by atoms with E-state index in [1.807, 2.05) is 0 Å². The maximum atomic E-state index is 11.7. The number of amides is 1. The van der Waals surface area contributed by atoms with Gasteiger partial charge in [0.15, 0.2) is 5.11 Å². The molecule has 2 N–H and O–H groups in total. The molecular weight excluding hydrogens is 363 g/mol. The van der Waals surface area contributed by atoms with E-state index in [2.05, 4.69) is 10.6 Å². The van der Waals surface area contributed by atoms with E-state index >= 15 is 0 Å². The van der Waals surface area contributed by atoms with Crippen LogP contribution in [0.3, 0.4) is 0 Å². The van der Waals surface area contributed by atoms with E-state index in [1.165, 1.54) is 7.11 Å². The van der Waals surface area contributed by atoms with E-state index in [1.54, 1.807) is 18.2 Å². The van der Waals surface area contributed by atoms with Crippen LogP contribution >= 0.6 is 35.4 Å². The van der Waals surface area contributed by atoms with Gasteiger partial charge >= 0.3 is 5.97 Å². The quantitative estimate of drug-likeness (QED) is 0.431. The van der Waals surface area contributed by atoms with Gasteiger partial charge in [0, 0.05) is 18.6 Å². The lowest BCUT2D eigenvalue weighted by Gasteiger charge is -2.11. The van der Waals surface area contributed by atoms with E-state index < -0.39 is 11.9 Å². The van der Waals surface area contributed by atoms with Crippen molar-refractivity contribution < 1.29 is 19.1 Å². The summed E-state index contributed by atoms with van der Waals surface area (Å²) in [7, 11) is 1.50. The first-order valence-electron chi connectivity index (χ1n) is 6.63. The summed E-state index contributed by atoms with van der Waals surface area (Å²) >= 11 is 16.8. The second-order valence-electron chi connectivity index (χ2n) is 4.34. The molecule has 23 heavy (non-hydrogen) atoms. The van der Waals surface area contributed by atoms with Crippen molar-refractivity contribution in [2.75, 3.05) is 25.6 Å². The fourth-order valence-electron chi connectivity index (χ4n) is 1.46. The second kappa shape index (κ2) is 10.4. The fraction of sp³-hybridized carbons (Fsp3) is 0.357. The molecule has 0 spiro atoms.